The molecular weight excluding hydrogens is 146 g/mol. The van der Waals surface area contributed by atoms with Crippen LogP contribution in [0.25, 0.3) is 0 Å². The Morgan fingerprint density at radius 2 is 1.92 bits per heavy atom. The zero-order valence-corrected chi connectivity index (χ0v) is 8.82. The van der Waals surface area contributed by atoms with E-state index in [2.05, 4.69) is 26.1 Å². The van der Waals surface area contributed by atoms with E-state index < -0.39 is 0 Å². The van der Waals surface area contributed by atoms with Gasteiger partial charge in [-0.2, -0.15) is 0 Å². The number of rotatable bonds is 4. The fraction of sp³-hybridized carbons (Fsp3) is 1.00. The molecule has 1 atom stereocenters. The summed E-state index contributed by atoms with van der Waals surface area (Å²) in [4.78, 5) is 0. The SMILES string of the molecule is CCC(CC)C1(CC)CCCN1. The van der Waals surface area contributed by atoms with Crippen molar-refractivity contribution in [3.63, 3.8) is 0 Å². The molecule has 1 N–H and O–H groups in total. The average molecular weight is 169 g/mol. The van der Waals surface area contributed by atoms with Crippen molar-refractivity contribution in [1.29, 1.82) is 0 Å². The number of nitrogens with one attached hydrogen (secondary N) is 1. The van der Waals surface area contributed by atoms with Gasteiger partial charge in [-0.05, 0) is 31.7 Å². The van der Waals surface area contributed by atoms with Gasteiger partial charge in [0.1, 0.15) is 0 Å². The molecule has 0 radical (unpaired) electrons. The first-order valence-corrected chi connectivity index (χ1v) is 5.54. The molecule has 0 bridgehead atoms. The van der Waals surface area contributed by atoms with Crippen molar-refractivity contribution in [3.05, 3.63) is 0 Å². The maximum atomic E-state index is 3.72. The molecule has 1 fully saturated rings. The van der Waals surface area contributed by atoms with Gasteiger partial charge in [-0.25, -0.2) is 0 Å². The highest BCUT2D eigenvalue weighted by Crippen LogP contribution is 2.34. The molecule has 0 spiro atoms. The lowest BCUT2D eigenvalue weighted by Crippen LogP contribution is -2.45. The second-order valence-corrected chi connectivity index (χ2v) is 4.05. The molecule has 12 heavy (non-hydrogen) atoms. The van der Waals surface area contributed by atoms with Crippen molar-refractivity contribution in [2.75, 3.05) is 6.54 Å². The molecule has 1 heteroatoms. The van der Waals surface area contributed by atoms with Gasteiger partial charge in [-0.15, -0.1) is 0 Å². The van der Waals surface area contributed by atoms with Crippen molar-refractivity contribution in [2.24, 2.45) is 5.92 Å². The number of hydrogen-bond acceptors (Lipinski definition) is 1. The van der Waals surface area contributed by atoms with E-state index >= 15 is 0 Å². The zero-order chi connectivity index (χ0) is 9.03. The summed E-state index contributed by atoms with van der Waals surface area (Å²) in [5.74, 6) is 0.894. The van der Waals surface area contributed by atoms with Crippen molar-refractivity contribution >= 4 is 0 Å². The van der Waals surface area contributed by atoms with Crippen molar-refractivity contribution in [2.45, 2.75) is 58.4 Å². The van der Waals surface area contributed by atoms with Gasteiger partial charge in [0.15, 0.2) is 0 Å². The van der Waals surface area contributed by atoms with Crippen LogP contribution in [-0.4, -0.2) is 12.1 Å². The van der Waals surface area contributed by atoms with E-state index in [9.17, 15) is 0 Å². The van der Waals surface area contributed by atoms with Crippen molar-refractivity contribution < 1.29 is 0 Å². The minimum absolute atomic E-state index is 0.503. The molecule has 1 rings (SSSR count). The van der Waals surface area contributed by atoms with Crippen LogP contribution in [0.5, 0.6) is 0 Å². The highest BCUT2D eigenvalue weighted by molar-refractivity contribution is 4.96. The third-order valence-corrected chi connectivity index (χ3v) is 3.67. The van der Waals surface area contributed by atoms with Crippen LogP contribution < -0.4 is 5.32 Å². The number of hydrogen-bond donors (Lipinski definition) is 1. The summed E-state index contributed by atoms with van der Waals surface area (Å²) in [5.41, 5.74) is 0.503. The van der Waals surface area contributed by atoms with Gasteiger partial charge in [0.2, 0.25) is 0 Å². The maximum absolute atomic E-state index is 3.72. The van der Waals surface area contributed by atoms with Crippen LogP contribution in [-0.2, 0) is 0 Å². The molecule has 0 aromatic rings. The molecule has 0 saturated carbocycles. The van der Waals surface area contributed by atoms with Crippen molar-refractivity contribution in [1.82, 2.24) is 5.32 Å². The first-order valence-electron chi connectivity index (χ1n) is 5.54. The Morgan fingerprint density at radius 3 is 2.25 bits per heavy atom. The Hall–Kier alpha value is -0.0400. The molecular formula is C11H23N. The minimum atomic E-state index is 0.503. The summed E-state index contributed by atoms with van der Waals surface area (Å²) in [5, 5.41) is 3.72. The van der Waals surface area contributed by atoms with Gasteiger partial charge in [-0.3, -0.25) is 0 Å². The molecule has 1 unspecified atom stereocenters. The van der Waals surface area contributed by atoms with Gasteiger partial charge < -0.3 is 5.32 Å². The molecule has 1 aliphatic heterocycles. The predicted molar refractivity (Wildman–Crippen MR) is 54.3 cm³/mol. The van der Waals surface area contributed by atoms with Crippen LogP contribution >= 0.6 is 0 Å². The molecule has 0 aromatic heterocycles. The molecule has 0 amide bonds. The van der Waals surface area contributed by atoms with Gasteiger partial charge in [0.05, 0.1) is 0 Å². The fourth-order valence-electron chi connectivity index (χ4n) is 2.84. The predicted octanol–water partition coefficient (Wildman–Crippen LogP) is 2.95. The molecule has 0 aromatic carbocycles. The molecule has 1 aliphatic rings. The first kappa shape index (κ1) is 10.0. The molecule has 72 valence electrons. The summed E-state index contributed by atoms with van der Waals surface area (Å²) >= 11 is 0. The van der Waals surface area contributed by atoms with Gasteiger partial charge in [0, 0.05) is 5.54 Å². The lowest BCUT2D eigenvalue weighted by atomic mass is 9.77. The lowest BCUT2D eigenvalue weighted by Gasteiger charge is -2.36. The van der Waals surface area contributed by atoms with Crippen LogP contribution in [0.2, 0.25) is 0 Å². The van der Waals surface area contributed by atoms with E-state index in [4.69, 9.17) is 0 Å². The van der Waals surface area contributed by atoms with E-state index in [1.807, 2.05) is 0 Å². The highest BCUT2D eigenvalue weighted by atomic mass is 15.0. The van der Waals surface area contributed by atoms with Crippen LogP contribution in [0, 0.1) is 5.92 Å². The van der Waals surface area contributed by atoms with E-state index in [1.165, 1.54) is 38.6 Å². The smallest absolute Gasteiger partial charge is 0.0207 e. The van der Waals surface area contributed by atoms with Crippen LogP contribution in [0.1, 0.15) is 52.9 Å². The van der Waals surface area contributed by atoms with Crippen molar-refractivity contribution in [3.8, 4) is 0 Å². The summed E-state index contributed by atoms with van der Waals surface area (Å²) in [7, 11) is 0. The quantitative estimate of drug-likeness (QED) is 0.682. The molecule has 1 saturated heterocycles. The Labute approximate surface area is 76.9 Å². The molecule has 1 heterocycles. The summed E-state index contributed by atoms with van der Waals surface area (Å²) in [6, 6.07) is 0. The van der Waals surface area contributed by atoms with Crippen LogP contribution in [0.3, 0.4) is 0 Å². The van der Waals surface area contributed by atoms with Gasteiger partial charge in [-0.1, -0.05) is 33.6 Å². The third-order valence-electron chi connectivity index (χ3n) is 3.67. The topological polar surface area (TPSA) is 12.0 Å². The Morgan fingerprint density at radius 1 is 1.25 bits per heavy atom. The fourth-order valence-corrected chi connectivity index (χ4v) is 2.84. The van der Waals surface area contributed by atoms with E-state index in [0.717, 1.165) is 5.92 Å². The largest absolute Gasteiger partial charge is 0.311 e. The molecule has 0 aliphatic carbocycles. The van der Waals surface area contributed by atoms with Crippen LogP contribution in [0.4, 0.5) is 0 Å². The third kappa shape index (κ3) is 1.66. The van der Waals surface area contributed by atoms with E-state index in [-0.39, 0.29) is 0 Å². The second-order valence-electron chi connectivity index (χ2n) is 4.05. The lowest BCUT2D eigenvalue weighted by molar-refractivity contribution is 0.215. The van der Waals surface area contributed by atoms with Gasteiger partial charge in [0.25, 0.3) is 0 Å². The van der Waals surface area contributed by atoms with Crippen LogP contribution in [0.15, 0.2) is 0 Å². The normalized spacial score (nSPS) is 30.0. The molecule has 1 nitrogen and oxygen atoms in total. The summed E-state index contributed by atoms with van der Waals surface area (Å²) < 4.78 is 0. The highest BCUT2D eigenvalue weighted by Gasteiger charge is 2.37. The first-order chi connectivity index (χ1) is 5.79. The van der Waals surface area contributed by atoms with Gasteiger partial charge >= 0.3 is 0 Å². The van der Waals surface area contributed by atoms with E-state index in [1.54, 1.807) is 0 Å². The summed E-state index contributed by atoms with van der Waals surface area (Å²) in [6.45, 7) is 8.22. The minimum Gasteiger partial charge on any atom is -0.311 e. The average Bonchev–Trinajstić information content (AvgIpc) is 2.56. The monoisotopic (exact) mass is 169 g/mol. The van der Waals surface area contributed by atoms with E-state index in [0.29, 0.717) is 5.54 Å². The summed E-state index contributed by atoms with van der Waals surface area (Å²) in [6.07, 6.45) is 6.74. The Kier molecular flexibility index (Phi) is 3.57. The standard InChI is InChI=1S/C11H23N/c1-4-10(5-2)11(6-3)8-7-9-12-11/h10,12H,4-9H2,1-3H3. The zero-order valence-electron chi connectivity index (χ0n) is 8.82. The second kappa shape index (κ2) is 4.27. The Balaban J connectivity index is 2.63. The maximum Gasteiger partial charge on any atom is 0.0207 e. The Bertz CT molecular complexity index is 121.